The number of ether oxygens (including phenoxy) is 1. The quantitative estimate of drug-likeness (QED) is 0.877. The molecular formula is C17H23NO4. The van der Waals surface area contributed by atoms with Crippen LogP contribution in [0, 0.1) is 5.92 Å². The summed E-state index contributed by atoms with van der Waals surface area (Å²) < 4.78 is 5.49. The number of carboxylic acids is 1. The van der Waals surface area contributed by atoms with Crippen molar-refractivity contribution in [3.63, 3.8) is 0 Å². The van der Waals surface area contributed by atoms with Gasteiger partial charge in [-0.05, 0) is 30.9 Å². The number of nitrogens with zero attached hydrogens (tertiary/aromatic N) is 1. The van der Waals surface area contributed by atoms with Gasteiger partial charge in [-0.3, -0.25) is 9.59 Å². The van der Waals surface area contributed by atoms with Gasteiger partial charge in [0, 0.05) is 18.8 Å². The topological polar surface area (TPSA) is 66.8 Å². The van der Waals surface area contributed by atoms with E-state index in [1.807, 2.05) is 31.2 Å². The number of anilines is 1. The molecule has 22 heavy (non-hydrogen) atoms. The van der Waals surface area contributed by atoms with Gasteiger partial charge >= 0.3 is 5.97 Å². The zero-order valence-corrected chi connectivity index (χ0v) is 13.1. The highest BCUT2D eigenvalue weighted by Gasteiger charge is 2.31. The van der Waals surface area contributed by atoms with Gasteiger partial charge in [0.2, 0.25) is 0 Å². The fraction of sp³-hybridized carbons (Fsp3) is 0.529. The third kappa shape index (κ3) is 3.65. The van der Waals surface area contributed by atoms with Crippen LogP contribution >= 0.6 is 0 Å². The van der Waals surface area contributed by atoms with Crippen molar-refractivity contribution in [1.29, 1.82) is 0 Å². The molecule has 2 rings (SSSR count). The number of benzene rings is 1. The molecule has 5 heteroatoms. The maximum absolute atomic E-state index is 12.8. The summed E-state index contributed by atoms with van der Waals surface area (Å²) in [5.74, 6) is -1.67. The summed E-state index contributed by atoms with van der Waals surface area (Å²) in [6, 6.07) is 7.64. The smallest absolute Gasteiger partial charge is 0.308 e. The average molecular weight is 305 g/mol. The maximum atomic E-state index is 12.8. The number of hydrogen-bond acceptors (Lipinski definition) is 3. The minimum absolute atomic E-state index is 0.133. The molecular weight excluding hydrogens is 282 g/mol. The van der Waals surface area contributed by atoms with E-state index in [9.17, 15) is 14.7 Å². The molecule has 1 aliphatic rings. The van der Waals surface area contributed by atoms with Gasteiger partial charge in [0.25, 0.3) is 5.91 Å². The van der Waals surface area contributed by atoms with E-state index in [0.717, 1.165) is 24.1 Å². The van der Waals surface area contributed by atoms with Crippen LogP contribution in [-0.2, 0) is 20.7 Å². The highest BCUT2D eigenvalue weighted by atomic mass is 16.5. The highest BCUT2D eigenvalue weighted by molar-refractivity contribution is 5.98. The molecule has 1 aromatic carbocycles. The van der Waals surface area contributed by atoms with Crippen LogP contribution in [0.1, 0.15) is 32.3 Å². The maximum Gasteiger partial charge on any atom is 0.308 e. The number of hydrogen-bond donors (Lipinski definition) is 1. The average Bonchev–Trinajstić information content (AvgIpc) is 3.06. The summed E-state index contributed by atoms with van der Waals surface area (Å²) in [4.78, 5) is 25.6. The minimum Gasteiger partial charge on any atom is -0.481 e. The monoisotopic (exact) mass is 305 g/mol. The van der Waals surface area contributed by atoms with Crippen molar-refractivity contribution in [1.82, 2.24) is 0 Å². The zero-order chi connectivity index (χ0) is 16.1. The first-order valence-corrected chi connectivity index (χ1v) is 7.78. The predicted octanol–water partition coefficient (Wildman–Crippen LogP) is 2.48. The van der Waals surface area contributed by atoms with Gasteiger partial charge in [-0.1, -0.05) is 32.0 Å². The van der Waals surface area contributed by atoms with E-state index in [2.05, 4.69) is 0 Å². The Morgan fingerprint density at radius 2 is 2.14 bits per heavy atom. The number of rotatable bonds is 6. The van der Waals surface area contributed by atoms with Crippen molar-refractivity contribution in [3.05, 3.63) is 29.8 Å². The molecule has 1 N–H and O–H groups in total. The fourth-order valence-corrected chi connectivity index (χ4v) is 2.68. The minimum atomic E-state index is -0.904. The molecule has 1 aromatic rings. The number of aryl methyl sites for hydroxylation is 1. The molecule has 0 aromatic heterocycles. The Morgan fingerprint density at radius 3 is 2.73 bits per heavy atom. The molecule has 120 valence electrons. The Labute approximate surface area is 130 Å². The SMILES string of the molecule is CCc1ccccc1N(CC(C)C(=O)O)C(=O)C1CCCO1. The summed E-state index contributed by atoms with van der Waals surface area (Å²) in [6.07, 6.45) is 1.90. The van der Waals surface area contributed by atoms with Gasteiger partial charge in [-0.15, -0.1) is 0 Å². The van der Waals surface area contributed by atoms with Gasteiger partial charge in [0.05, 0.1) is 5.92 Å². The van der Waals surface area contributed by atoms with Crippen LogP contribution in [0.2, 0.25) is 0 Å². The van der Waals surface area contributed by atoms with E-state index in [-0.39, 0.29) is 12.5 Å². The van der Waals surface area contributed by atoms with Gasteiger partial charge in [-0.25, -0.2) is 0 Å². The molecule has 1 amide bonds. The Kier molecular flexibility index (Phi) is 5.55. The van der Waals surface area contributed by atoms with Crippen LogP contribution in [-0.4, -0.2) is 36.2 Å². The number of aliphatic carboxylic acids is 1. The summed E-state index contributed by atoms with van der Waals surface area (Å²) in [7, 11) is 0. The second kappa shape index (κ2) is 7.40. The Morgan fingerprint density at radius 1 is 1.41 bits per heavy atom. The normalized spacial score (nSPS) is 18.9. The van der Waals surface area contributed by atoms with Crippen LogP contribution in [0.4, 0.5) is 5.69 Å². The first-order valence-electron chi connectivity index (χ1n) is 7.78. The van der Waals surface area contributed by atoms with Crippen molar-refractivity contribution >= 4 is 17.6 Å². The van der Waals surface area contributed by atoms with Crippen molar-refractivity contribution in [3.8, 4) is 0 Å². The van der Waals surface area contributed by atoms with E-state index in [0.29, 0.717) is 13.0 Å². The molecule has 5 nitrogen and oxygen atoms in total. The van der Waals surface area contributed by atoms with Crippen molar-refractivity contribution < 1.29 is 19.4 Å². The lowest BCUT2D eigenvalue weighted by atomic mass is 10.1. The first kappa shape index (κ1) is 16.5. The number of carbonyl (C=O) groups is 2. The largest absolute Gasteiger partial charge is 0.481 e. The summed E-state index contributed by atoms with van der Waals surface area (Å²) >= 11 is 0. The number of amides is 1. The van der Waals surface area contributed by atoms with E-state index >= 15 is 0 Å². The van der Waals surface area contributed by atoms with Crippen molar-refractivity contribution in [2.45, 2.75) is 39.2 Å². The molecule has 0 saturated carbocycles. The lowest BCUT2D eigenvalue weighted by Crippen LogP contribution is -2.43. The summed E-state index contributed by atoms with van der Waals surface area (Å²) in [6.45, 7) is 4.39. The van der Waals surface area contributed by atoms with Gasteiger partial charge in [0.15, 0.2) is 0 Å². The molecule has 0 radical (unpaired) electrons. The van der Waals surface area contributed by atoms with Gasteiger partial charge in [0.1, 0.15) is 6.10 Å². The molecule has 1 fully saturated rings. The summed E-state index contributed by atoms with van der Waals surface area (Å²) in [5.41, 5.74) is 1.82. The van der Waals surface area contributed by atoms with Crippen LogP contribution in [0.5, 0.6) is 0 Å². The molecule has 1 heterocycles. The van der Waals surface area contributed by atoms with Crippen molar-refractivity contribution in [2.24, 2.45) is 5.92 Å². The standard InChI is InChI=1S/C17H23NO4/c1-3-13-7-4-5-8-14(13)18(11-12(2)17(20)21)16(19)15-9-6-10-22-15/h4-5,7-8,12,15H,3,6,9-11H2,1-2H3,(H,20,21). The Hall–Kier alpha value is -1.88. The van der Waals surface area contributed by atoms with Gasteiger partial charge in [-0.2, -0.15) is 0 Å². The van der Waals surface area contributed by atoms with E-state index in [1.54, 1.807) is 11.8 Å². The van der Waals surface area contributed by atoms with Crippen LogP contribution in [0.3, 0.4) is 0 Å². The third-order valence-corrected chi connectivity index (χ3v) is 4.01. The Balaban J connectivity index is 2.31. The van der Waals surface area contributed by atoms with Gasteiger partial charge < -0.3 is 14.7 Å². The lowest BCUT2D eigenvalue weighted by molar-refractivity contribution is -0.140. The summed E-state index contributed by atoms with van der Waals surface area (Å²) in [5, 5.41) is 9.18. The molecule has 2 unspecified atom stereocenters. The number of carbonyl (C=O) groups excluding carboxylic acids is 1. The van der Waals surface area contributed by atoms with Crippen LogP contribution < -0.4 is 4.90 Å². The fourth-order valence-electron chi connectivity index (χ4n) is 2.68. The van der Waals surface area contributed by atoms with Crippen LogP contribution in [0.25, 0.3) is 0 Å². The zero-order valence-electron chi connectivity index (χ0n) is 13.1. The second-order valence-corrected chi connectivity index (χ2v) is 5.67. The number of carboxylic acid groups (broad SMARTS) is 1. The molecule has 0 aliphatic carbocycles. The van der Waals surface area contributed by atoms with E-state index < -0.39 is 18.0 Å². The second-order valence-electron chi connectivity index (χ2n) is 5.67. The molecule has 2 atom stereocenters. The lowest BCUT2D eigenvalue weighted by Gasteiger charge is -2.28. The van der Waals surface area contributed by atoms with Crippen molar-refractivity contribution in [2.75, 3.05) is 18.1 Å². The van der Waals surface area contributed by atoms with Crippen LogP contribution in [0.15, 0.2) is 24.3 Å². The Bertz CT molecular complexity index is 537. The first-order chi connectivity index (χ1) is 10.5. The predicted molar refractivity (Wildman–Crippen MR) is 83.9 cm³/mol. The molecule has 1 saturated heterocycles. The third-order valence-electron chi connectivity index (χ3n) is 4.01. The highest BCUT2D eigenvalue weighted by Crippen LogP contribution is 2.25. The molecule has 1 aliphatic heterocycles. The molecule has 0 spiro atoms. The molecule has 0 bridgehead atoms. The van der Waals surface area contributed by atoms with E-state index in [1.165, 1.54) is 0 Å². The van der Waals surface area contributed by atoms with E-state index in [4.69, 9.17) is 4.74 Å². The number of para-hydroxylation sites is 1.